The molecular formula is C17H23N5. The number of aryl methyl sites for hydroxylation is 1. The second-order valence-electron chi connectivity index (χ2n) is 5.74. The molecule has 1 saturated heterocycles. The summed E-state index contributed by atoms with van der Waals surface area (Å²) < 4.78 is 0. The Kier molecular flexibility index (Phi) is 4.15. The number of hydrogen-bond donors (Lipinski definition) is 2. The van der Waals surface area contributed by atoms with Crippen molar-refractivity contribution in [3.8, 4) is 0 Å². The predicted octanol–water partition coefficient (Wildman–Crippen LogP) is 2.31. The van der Waals surface area contributed by atoms with E-state index in [1.54, 1.807) is 0 Å². The summed E-state index contributed by atoms with van der Waals surface area (Å²) >= 11 is 0. The fourth-order valence-electron chi connectivity index (χ4n) is 2.94. The van der Waals surface area contributed by atoms with Crippen molar-refractivity contribution in [2.75, 3.05) is 41.4 Å². The van der Waals surface area contributed by atoms with Gasteiger partial charge in [0.05, 0.1) is 11.9 Å². The highest BCUT2D eigenvalue weighted by atomic mass is 15.3. The van der Waals surface area contributed by atoms with Crippen LogP contribution >= 0.6 is 0 Å². The van der Waals surface area contributed by atoms with Crippen LogP contribution in [0, 0.1) is 13.8 Å². The fourth-order valence-corrected chi connectivity index (χ4v) is 2.94. The molecule has 116 valence electrons. The van der Waals surface area contributed by atoms with E-state index in [1.165, 1.54) is 16.8 Å². The Bertz CT molecular complexity index is 630. The van der Waals surface area contributed by atoms with Crippen molar-refractivity contribution >= 4 is 17.2 Å². The molecule has 1 aromatic heterocycles. The Morgan fingerprint density at radius 1 is 1.00 bits per heavy atom. The van der Waals surface area contributed by atoms with Gasteiger partial charge in [-0.3, -0.25) is 0 Å². The summed E-state index contributed by atoms with van der Waals surface area (Å²) in [6, 6.07) is 10.5. The smallest absolute Gasteiger partial charge is 0.140 e. The second-order valence-corrected chi connectivity index (χ2v) is 5.74. The van der Waals surface area contributed by atoms with E-state index >= 15 is 0 Å². The summed E-state index contributed by atoms with van der Waals surface area (Å²) in [7, 11) is 0. The van der Waals surface area contributed by atoms with Crippen LogP contribution in [0.3, 0.4) is 0 Å². The number of hydrogen-bond acceptors (Lipinski definition) is 5. The number of aromatic nitrogens is 1. The topological polar surface area (TPSA) is 57.4 Å². The first-order valence-corrected chi connectivity index (χ1v) is 7.68. The lowest BCUT2D eigenvalue weighted by Crippen LogP contribution is -2.46. The van der Waals surface area contributed by atoms with Gasteiger partial charge in [0.25, 0.3) is 0 Å². The van der Waals surface area contributed by atoms with Gasteiger partial charge in [0.2, 0.25) is 0 Å². The van der Waals surface area contributed by atoms with Gasteiger partial charge in [-0.15, -0.1) is 0 Å². The average molecular weight is 297 g/mol. The number of rotatable bonds is 3. The van der Waals surface area contributed by atoms with E-state index in [0.717, 1.165) is 31.9 Å². The van der Waals surface area contributed by atoms with Gasteiger partial charge in [-0.05, 0) is 43.2 Å². The average Bonchev–Trinajstić information content (AvgIpc) is 2.58. The maximum absolute atomic E-state index is 5.35. The molecule has 0 unspecified atom stereocenters. The van der Waals surface area contributed by atoms with Crippen LogP contribution in [0.2, 0.25) is 0 Å². The number of nitrogens with one attached hydrogen (secondary N) is 1. The number of piperazine rings is 1. The van der Waals surface area contributed by atoms with Gasteiger partial charge >= 0.3 is 0 Å². The summed E-state index contributed by atoms with van der Waals surface area (Å²) in [4.78, 5) is 9.13. The van der Waals surface area contributed by atoms with Crippen molar-refractivity contribution in [2.45, 2.75) is 13.8 Å². The summed E-state index contributed by atoms with van der Waals surface area (Å²) in [5, 5.41) is 0. The lowest BCUT2D eigenvalue weighted by Gasteiger charge is -2.38. The van der Waals surface area contributed by atoms with Crippen LogP contribution in [0.1, 0.15) is 11.1 Å². The third-order valence-corrected chi connectivity index (χ3v) is 4.46. The van der Waals surface area contributed by atoms with Gasteiger partial charge in [-0.2, -0.15) is 0 Å². The highest BCUT2D eigenvalue weighted by Gasteiger charge is 2.19. The molecule has 22 heavy (non-hydrogen) atoms. The minimum Gasteiger partial charge on any atom is -0.368 e. The molecule has 1 aliphatic heterocycles. The van der Waals surface area contributed by atoms with E-state index in [9.17, 15) is 0 Å². The normalized spacial score (nSPS) is 15.0. The van der Waals surface area contributed by atoms with Gasteiger partial charge in [0.15, 0.2) is 0 Å². The van der Waals surface area contributed by atoms with Crippen molar-refractivity contribution in [2.24, 2.45) is 5.84 Å². The van der Waals surface area contributed by atoms with Gasteiger partial charge in [0.1, 0.15) is 5.82 Å². The zero-order chi connectivity index (χ0) is 15.5. The van der Waals surface area contributed by atoms with E-state index < -0.39 is 0 Å². The molecule has 3 rings (SSSR count). The predicted molar refractivity (Wildman–Crippen MR) is 92.4 cm³/mol. The minimum atomic E-state index is 0.692. The maximum atomic E-state index is 5.35. The van der Waals surface area contributed by atoms with E-state index in [4.69, 9.17) is 5.84 Å². The molecule has 0 amide bonds. The van der Waals surface area contributed by atoms with E-state index in [-0.39, 0.29) is 0 Å². The zero-order valence-corrected chi connectivity index (χ0v) is 13.2. The zero-order valence-electron chi connectivity index (χ0n) is 13.2. The second kappa shape index (κ2) is 6.23. The molecule has 1 aromatic carbocycles. The number of pyridine rings is 1. The molecular weight excluding hydrogens is 274 g/mol. The molecule has 1 aliphatic rings. The molecule has 0 spiro atoms. The number of nitrogens with two attached hydrogens (primary N) is 1. The van der Waals surface area contributed by atoms with Crippen LogP contribution in [-0.4, -0.2) is 31.2 Å². The quantitative estimate of drug-likeness (QED) is 0.672. The highest BCUT2D eigenvalue weighted by Crippen LogP contribution is 2.25. The van der Waals surface area contributed by atoms with Crippen LogP contribution in [0.15, 0.2) is 36.5 Å². The van der Waals surface area contributed by atoms with Crippen LogP contribution in [0.5, 0.6) is 0 Å². The largest absolute Gasteiger partial charge is 0.368 e. The van der Waals surface area contributed by atoms with E-state index in [0.29, 0.717) is 5.82 Å². The molecule has 2 heterocycles. The number of nitrogen functional groups attached to an aromatic ring is 1. The first-order valence-electron chi connectivity index (χ1n) is 7.68. The monoisotopic (exact) mass is 297 g/mol. The Labute approximate surface area is 131 Å². The van der Waals surface area contributed by atoms with Crippen LogP contribution in [0.4, 0.5) is 17.2 Å². The van der Waals surface area contributed by atoms with Gasteiger partial charge < -0.3 is 15.2 Å². The standard InChI is InChI=1S/C17H23N5/c1-13-4-3-5-16(14(13)2)22-10-8-21(9-11-22)15-6-7-17(20-18)19-12-15/h3-7,12H,8-11,18H2,1-2H3,(H,19,20). The molecule has 3 N–H and O–H groups in total. The molecule has 2 aromatic rings. The molecule has 0 atom stereocenters. The lowest BCUT2D eigenvalue weighted by molar-refractivity contribution is 0.651. The van der Waals surface area contributed by atoms with Crippen molar-refractivity contribution in [3.05, 3.63) is 47.7 Å². The molecule has 0 saturated carbocycles. The third kappa shape index (κ3) is 2.85. The fraction of sp³-hybridized carbons (Fsp3) is 0.353. The summed E-state index contributed by atoms with van der Waals surface area (Å²) in [6.45, 7) is 8.45. The first kappa shape index (κ1) is 14.7. The molecule has 1 fully saturated rings. The summed E-state index contributed by atoms with van der Waals surface area (Å²) in [5.74, 6) is 6.05. The number of benzene rings is 1. The molecule has 5 nitrogen and oxygen atoms in total. The van der Waals surface area contributed by atoms with Crippen molar-refractivity contribution < 1.29 is 0 Å². The van der Waals surface area contributed by atoms with Crippen molar-refractivity contribution in [1.82, 2.24) is 4.98 Å². The molecule has 0 aliphatic carbocycles. The Morgan fingerprint density at radius 3 is 2.36 bits per heavy atom. The lowest BCUT2D eigenvalue weighted by atomic mass is 10.1. The van der Waals surface area contributed by atoms with Crippen molar-refractivity contribution in [1.29, 1.82) is 0 Å². The third-order valence-electron chi connectivity index (χ3n) is 4.46. The molecule has 0 radical (unpaired) electrons. The van der Waals surface area contributed by atoms with Gasteiger partial charge in [-0.1, -0.05) is 12.1 Å². The highest BCUT2D eigenvalue weighted by molar-refractivity contribution is 5.58. The molecule has 0 bridgehead atoms. The van der Waals surface area contributed by atoms with E-state index in [1.807, 2.05) is 12.3 Å². The number of hydrazine groups is 1. The van der Waals surface area contributed by atoms with Gasteiger partial charge in [0, 0.05) is 31.9 Å². The van der Waals surface area contributed by atoms with Crippen LogP contribution in [-0.2, 0) is 0 Å². The maximum Gasteiger partial charge on any atom is 0.140 e. The Hall–Kier alpha value is -2.27. The minimum absolute atomic E-state index is 0.692. The number of anilines is 3. The first-order chi connectivity index (χ1) is 10.7. The number of nitrogens with zero attached hydrogens (tertiary/aromatic N) is 3. The Morgan fingerprint density at radius 2 is 1.73 bits per heavy atom. The summed E-state index contributed by atoms with van der Waals surface area (Å²) in [5.41, 5.74) is 7.81. The van der Waals surface area contributed by atoms with Crippen LogP contribution in [0.25, 0.3) is 0 Å². The molecule has 5 heteroatoms. The van der Waals surface area contributed by atoms with Crippen LogP contribution < -0.4 is 21.1 Å². The Balaban J connectivity index is 1.68. The van der Waals surface area contributed by atoms with Gasteiger partial charge in [-0.25, -0.2) is 10.8 Å². The summed E-state index contributed by atoms with van der Waals surface area (Å²) in [6.07, 6.45) is 1.88. The SMILES string of the molecule is Cc1cccc(N2CCN(c3ccc(NN)nc3)CC2)c1C. The van der Waals surface area contributed by atoms with E-state index in [2.05, 4.69) is 58.3 Å². The van der Waals surface area contributed by atoms with Crippen molar-refractivity contribution in [3.63, 3.8) is 0 Å².